The number of carbonyl (C=O) groups excluding carboxylic acids is 2. The van der Waals surface area contributed by atoms with Gasteiger partial charge < -0.3 is 10.1 Å². The van der Waals surface area contributed by atoms with Crippen LogP contribution in [0.3, 0.4) is 0 Å². The largest absolute Gasteiger partial charge is 0.462 e. The van der Waals surface area contributed by atoms with Crippen LogP contribution in [0.2, 0.25) is 10.0 Å². The Morgan fingerprint density at radius 1 is 1.00 bits per heavy atom. The van der Waals surface area contributed by atoms with Crippen molar-refractivity contribution >= 4 is 56.5 Å². The number of hydrogen-bond acceptors (Lipinski definition) is 5. The van der Waals surface area contributed by atoms with Gasteiger partial charge in [0, 0.05) is 10.7 Å². The summed E-state index contributed by atoms with van der Waals surface area (Å²) in [6, 6.07) is 12.9. The third kappa shape index (κ3) is 6.94. The Balaban J connectivity index is 1.70. The molecule has 0 aliphatic carbocycles. The van der Waals surface area contributed by atoms with E-state index in [0.717, 1.165) is 31.0 Å². The fourth-order valence-corrected chi connectivity index (χ4v) is 4.47. The molecule has 0 atom stereocenters. The SMILES string of the molecule is CCCCOC(=O)c1ccc(NS(=O)(=O)c2ccc(NC(=O)c3ccc(Cl)cc3Cl)c(F)c2)cc1. The topological polar surface area (TPSA) is 102 Å². The lowest BCUT2D eigenvalue weighted by molar-refractivity contribution is 0.0499. The molecule has 0 aromatic heterocycles. The van der Waals surface area contributed by atoms with Gasteiger partial charge in [-0.3, -0.25) is 9.52 Å². The number of esters is 1. The minimum Gasteiger partial charge on any atom is -0.462 e. The number of amides is 1. The lowest BCUT2D eigenvalue weighted by Crippen LogP contribution is -2.16. The Hall–Kier alpha value is -3.14. The molecule has 3 aromatic rings. The first-order chi connectivity index (χ1) is 16.6. The van der Waals surface area contributed by atoms with E-state index in [1.807, 2.05) is 6.92 Å². The van der Waals surface area contributed by atoms with Crippen molar-refractivity contribution in [2.75, 3.05) is 16.6 Å². The molecule has 11 heteroatoms. The predicted octanol–water partition coefficient (Wildman–Crippen LogP) is 6.14. The summed E-state index contributed by atoms with van der Waals surface area (Å²) in [5.74, 6) is -2.16. The van der Waals surface area contributed by atoms with Crippen molar-refractivity contribution in [2.45, 2.75) is 24.7 Å². The summed E-state index contributed by atoms with van der Waals surface area (Å²) in [5.41, 5.74) is 0.290. The average molecular weight is 539 g/mol. The zero-order valence-corrected chi connectivity index (χ0v) is 20.8. The van der Waals surface area contributed by atoms with Crippen LogP contribution >= 0.6 is 23.2 Å². The lowest BCUT2D eigenvalue weighted by Gasteiger charge is -2.11. The van der Waals surface area contributed by atoms with Crippen LogP contribution < -0.4 is 10.0 Å². The molecule has 0 saturated heterocycles. The monoisotopic (exact) mass is 538 g/mol. The number of anilines is 2. The van der Waals surface area contributed by atoms with Crippen molar-refractivity contribution < 1.29 is 27.1 Å². The maximum atomic E-state index is 14.6. The minimum atomic E-state index is -4.15. The summed E-state index contributed by atoms with van der Waals surface area (Å²) in [6.45, 7) is 2.28. The number of halogens is 3. The summed E-state index contributed by atoms with van der Waals surface area (Å²) in [6.07, 6.45) is 1.64. The molecule has 0 aliphatic heterocycles. The van der Waals surface area contributed by atoms with E-state index >= 15 is 0 Å². The van der Waals surface area contributed by atoms with E-state index in [9.17, 15) is 22.4 Å². The minimum absolute atomic E-state index is 0.0755. The van der Waals surface area contributed by atoms with Gasteiger partial charge in [-0.15, -0.1) is 0 Å². The van der Waals surface area contributed by atoms with Crippen molar-refractivity contribution in [1.82, 2.24) is 0 Å². The second kappa shape index (κ2) is 11.5. The van der Waals surface area contributed by atoms with E-state index in [2.05, 4.69) is 10.0 Å². The fraction of sp³-hybridized carbons (Fsp3) is 0.167. The van der Waals surface area contributed by atoms with Gasteiger partial charge in [-0.05, 0) is 67.1 Å². The molecule has 0 fully saturated rings. The van der Waals surface area contributed by atoms with Crippen molar-refractivity contribution in [2.24, 2.45) is 0 Å². The molecule has 2 N–H and O–H groups in total. The molecule has 0 heterocycles. The van der Waals surface area contributed by atoms with Gasteiger partial charge in [0.2, 0.25) is 0 Å². The van der Waals surface area contributed by atoms with Gasteiger partial charge >= 0.3 is 5.97 Å². The summed E-state index contributed by atoms with van der Waals surface area (Å²) in [4.78, 5) is 24.0. The molecule has 3 rings (SSSR count). The number of sulfonamides is 1. The number of rotatable bonds is 9. The Morgan fingerprint density at radius 3 is 2.34 bits per heavy atom. The second-order valence-electron chi connectivity index (χ2n) is 7.39. The standard InChI is InChI=1S/C24H21Cl2FN2O5S/c1-2-3-12-34-24(31)15-4-7-17(8-5-15)29-35(32,33)18-9-11-22(21(27)14-18)28-23(30)19-10-6-16(25)13-20(19)26/h4-11,13-14,29H,2-3,12H2,1H3,(H,28,30). The molecule has 7 nitrogen and oxygen atoms in total. The lowest BCUT2D eigenvalue weighted by atomic mass is 10.2. The quantitative estimate of drug-likeness (QED) is 0.251. The number of nitrogens with one attached hydrogen (secondary N) is 2. The fourth-order valence-electron chi connectivity index (χ4n) is 2.91. The first kappa shape index (κ1) is 26.5. The van der Waals surface area contributed by atoms with Gasteiger partial charge in [-0.1, -0.05) is 36.5 Å². The highest BCUT2D eigenvalue weighted by Gasteiger charge is 2.19. The van der Waals surface area contributed by atoms with Crippen LogP contribution in [0.15, 0.2) is 65.6 Å². The normalized spacial score (nSPS) is 11.1. The van der Waals surface area contributed by atoms with Crippen LogP contribution in [0.1, 0.15) is 40.5 Å². The summed E-state index contributed by atoms with van der Waals surface area (Å²) in [5, 5.41) is 2.77. The highest BCUT2D eigenvalue weighted by Crippen LogP contribution is 2.25. The highest BCUT2D eigenvalue weighted by atomic mass is 35.5. The van der Waals surface area contributed by atoms with Crippen molar-refractivity contribution in [3.05, 3.63) is 87.7 Å². The molecule has 0 aliphatic rings. The summed E-state index contributed by atoms with van der Waals surface area (Å²) >= 11 is 11.8. The van der Waals surface area contributed by atoms with Crippen molar-refractivity contribution in [3.63, 3.8) is 0 Å². The van der Waals surface area contributed by atoms with E-state index in [1.165, 1.54) is 42.5 Å². The van der Waals surface area contributed by atoms with Gasteiger partial charge in [0.25, 0.3) is 15.9 Å². The molecule has 0 unspecified atom stereocenters. The average Bonchev–Trinajstić information content (AvgIpc) is 2.80. The zero-order valence-electron chi connectivity index (χ0n) is 18.5. The van der Waals surface area contributed by atoms with Gasteiger partial charge in [0.05, 0.1) is 33.3 Å². The van der Waals surface area contributed by atoms with E-state index in [1.54, 1.807) is 0 Å². The summed E-state index contributed by atoms with van der Waals surface area (Å²) < 4.78 is 47.4. The molecule has 0 radical (unpaired) electrons. The van der Waals surface area contributed by atoms with Crippen LogP contribution in [-0.2, 0) is 14.8 Å². The predicted molar refractivity (Wildman–Crippen MR) is 133 cm³/mol. The molecule has 3 aromatic carbocycles. The number of unbranched alkanes of at least 4 members (excludes halogenated alkanes) is 1. The number of hydrogen-bond donors (Lipinski definition) is 2. The third-order valence-electron chi connectivity index (χ3n) is 4.78. The van der Waals surface area contributed by atoms with Crippen LogP contribution in [0, 0.1) is 5.82 Å². The zero-order chi connectivity index (χ0) is 25.6. The van der Waals surface area contributed by atoms with E-state index in [4.69, 9.17) is 27.9 Å². The van der Waals surface area contributed by atoms with Crippen LogP contribution in [-0.4, -0.2) is 26.9 Å². The molecule has 184 valence electrons. The molecule has 0 spiro atoms. The second-order valence-corrected chi connectivity index (χ2v) is 9.92. The maximum Gasteiger partial charge on any atom is 0.338 e. The Morgan fingerprint density at radius 2 is 1.71 bits per heavy atom. The van der Waals surface area contributed by atoms with E-state index < -0.39 is 27.7 Å². The molecular weight excluding hydrogens is 518 g/mol. The van der Waals surface area contributed by atoms with Gasteiger partial charge in [0.1, 0.15) is 5.82 Å². The smallest absolute Gasteiger partial charge is 0.338 e. The van der Waals surface area contributed by atoms with Crippen LogP contribution in [0.25, 0.3) is 0 Å². The van der Waals surface area contributed by atoms with Gasteiger partial charge in [-0.25, -0.2) is 17.6 Å². The number of ether oxygens (including phenoxy) is 1. The van der Waals surface area contributed by atoms with Crippen LogP contribution in [0.4, 0.5) is 15.8 Å². The van der Waals surface area contributed by atoms with Crippen molar-refractivity contribution in [1.29, 1.82) is 0 Å². The number of benzene rings is 3. The van der Waals surface area contributed by atoms with Gasteiger partial charge in [0.15, 0.2) is 0 Å². The first-order valence-electron chi connectivity index (χ1n) is 10.5. The van der Waals surface area contributed by atoms with Gasteiger partial charge in [-0.2, -0.15) is 0 Å². The molecule has 0 bridgehead atoms. The Kier molecular flexibility index (Phi) is 8.71. The van der Waals surface area contributed by atoms with Crippen molar-refractivity contribution in [3.8, 4) is 0 Å². The molecule has 35 heavy (non-hydrogen) atoms. The Bertz CT molecular complexity index is 1350. The third-order valence-corrected chi connectivity index (χ3v) is 6.71. The first-order valence-corrected chi connectivity index (χ1v) is 12.7. The molecular formula is C24H21Cl2FN2O5S. The van der Waals surface area contributed by atoms with E-state index in [-0.39, 0.29) is 32.4 Å². The number of carbonyl (C=O) groups is 2. The Labute approximate surface area is 212 Å². The molecule has 0 saturated carbocycles. The maximum absolute atomic E-state index is 14.6. The molecule has 1 amide bonds. The van der Waals surface area contributed by atoms with E-state index in [0.29, 0.717) is 11.6 Å². The van der Waals surface area contributed by atoms with Crippen LogP contribution in [0.5, 0.6) is 0 Å². The highest BCUT2D eigenvalue weighted by molar-refractivity contribution is 7.92. The summed E-state index contributed by atoms with van der Waals surface area (Å²) in [7, 11) is -4.15.